The van der Waals surface area contributed by atoms with Crippen molar-refractivity contribution in [1.82, 2.24) is 9.80 Å². The van der Waals surface area contributed by atoms with Crippen LogP contribution in [0.4, 0.5) is 0 Å². The Bertz CT molecular complexity index is 811. The van der Waals surface area contributed by atoms with Crippen molar-refractivity contribution in [1.29, 1.82) is 0 Å². The van der Waals surface area contributed by atoms with E-state index < -0.39 is 6.23 Å². The van der Waals surface area contributed by atoms with E-state index in [9.17, 15) is 19.5 Å². The van der Waals surface area contributed by atoms with Gasteiger partial charge in [0.25, 0.3) is 17.7 Å². The number of benzene rings is 2. The fraction of sp³-hybridized carbons (Fsp3) is 0.167. The predicted octanol–water partition coefficient (Wildman–Crippen LogP) is 1.68. The highest BCUT2D eigenvalue weighted by molar-refractivity contribution is 6.21. The van der Waals surface area contributed by atoms with Gasteiger partial charge in [-0.25, -0.2) is 0 Å². The van der Waals surface area contributed by atoms with Crippen LogP contribution < -0.4 is 0 Å². The van der Waals surface area contributed by atoms with Crippen molar-refractivity contribution in [2.45, 2.75) is 6.23 Å². The number of carbonyl (C=O) groups excluding carboxylic acids is 3. The second kappa shape index (κ2) is 5.90. The molecule has 2 heterocycles. The van der Waals surface area contributed by atoms with Crippen molar-refractivity contribution in [3.05, 3.63) is 70.8 Å². The summed E-state index contributed by atoms with van der Waals surface area (Å²) in [6.07, 6.45) is -0.770. The Morgan fingerprint density at radius 2 is 1.21 bits per heavy atom. The number of amides is 3. The number of aliphatic hydroxyl groups excluding tert-OH is 1. The summed E-state index contributed by atoms with van der Waals surface area (Å²) in [6.45, 7) is 0. The van der Waals surface area contributed by atoms with Crippen molar-refractivity contribution < 1.29 is 19.5 Å². The smallest absolute Gasteiger partial charge is 0.261 e. The molecule has 0 aliphatic carbocycles. The molecule has 1 atom stereocenters. The highest BCUT2D eigenvalue weighted by Gasteiger charge is 2.32. The highest BCUT2D eigenvalue weighted by Crippen LogP contribution is 2.29. The van der Waals surface area contributed by atoms with Gasteiger partial charge in [-0.3, -0.25) is 19.3 Å². The zero-order valence-corrected chi connectivity index (χ0v) is 13.3. The minimum Gasteiger partial charge on any atom is -0.369 e. The van der Waals surface area contributed by atoms with Crippen LogP contribution in [0.3, 0.4) is 0 Å². The summed E-state index contributed by atoms with van der Waals surface area (Å²) < 4.78 is 0. The van der Waals surface area contributed by atoms with E-state index in [2.05, 4.69) is 0 Å². The van der Waals surface area contributed by atoms with Gasteiger partial charge in [0.2, 0.25) is 0 Å². The topological polar surface area (TPSA) is 77.9 Å². The van der Waals surface area contributed by atoms with E-state index in [1.165, 1.54) is 11.9 Å². The zero-order chi connectivity index (χ0) is 17.4. The monoisotopic (exact) mass is 324 g/mol. The largest absolute Gasteiger partial charge is 0.369 e. The van der Waals surface area contributed by atoms with Gasteiger partial charge in [-0.15, -0.1) is 0 Å². The number of aliphatic hydroxyl groups is 1. The number of fused-ring (bicyclic) bond motifs is 2. The lowest BCUT2D eigenvalue weighted by Crippen LogP contribution is -2.24. The first-order chi connectivity index (χ1) is 11.4. The van der Waals surface area contributed by atoms with Gasteiger partial charge in [-0.05, 0) is 18.2 Å². The molecular weight excluding hydrogens is 308 g/mol. The average Bonchev–Trinajstić information content (AvgIpc) is 2.98. The minimum absolute atomic E-state index is 0.113. The lowest BCUT2D eigenvalue weighted by molar-refractivity contribution is 0.0301. The summed E-state index contributed by atoms with van der Waals surface area (Å²) in [4.78, 5) is 36.5. The van der Waals surface area contributed by atoms with Crippen LogP contribution in [0.25, 0.3) is 0 Å². The van der Waals surface area contributed by atoms with E-state index in [4.69, 9.17) is 0 Å². The molecule has 122 valence electrons. The molecule has 2 aliphatic rings. The van der Waals surface area contributed by atoms with E-state index in [1.807, 2.05) is 6.07 Å². The minimum atomic E-state index is -0.770. The van der Waals surface area contributed by atoms with Crippen LogP contribution in [0.2, 0.25) is 0 Å². The van der Waals surface area contributed by atoms with E-state index in [0.29, 0.717) is 22.3 Å². The number of hydrogen-bond acceptors (Lipinski definition) is 4. The van der Waals surface area contributed by atoms with Gasteiger partial charge in [-0.1, -0.05) is 30.3 Å². The molecule has 2 aromatic carbocycles. The third kappa shape index (κ3) is 2.37. The fourth-order valence-corrected chi connectivity index (χ4v) is 2.74. The molecular formula is C18H16N2O4. The molecule has 0 fully saturated rings. The maximum Gasteiger partial charge on any atom is 0.261 e. The molecule has 6 nitrogen and oxygen atoms in total. The Morgan fingerprint density at radius 3 is 1.71 bits per heavy atom. The van der Waals surface area contributed by atoms with Gasteiger partial charge in [-0.2, -0.15) is 0 Å². The van der Waals surface area contributed by atoms with Crippen LogP contribution in [0.5, 0.6) is 0 Å². The van der Waals surface area contributed by atoms with E-state index >= 15 is 0 Å². The molecule has 4 rings (SSSR count). The summed E-state index contributed by atoms with van der Waals surface area (Å²) >= 11 is 0. The molecule has 0 bridgehead atoms. The van der Waals surface area contributed by atoms with Crippen LogP contribution in [0.15, 0.2) is 48.5 Å². The Balaban J connectivity index is 0.000000141. The molecule has 3 amide bonds. The van der Waals surface area contributed by atoms with Crippen molar-refractivity contribution in [2.75, 3.05) is 14.1 Å². The lowest BCUT2D eigenvalue weighted by Gasteiger charge is -2.13. The average molecular weight is 324 g/mol. The standard InChI is InChI=1S/C9H9NO2.C9H7NO2/c2*1-10-8(11)6-4-2-3-5-7(6)9(10)12/h2-5,8,11H,1H3;2-5H,1H3. The van der Waals surface area contributed by atoms with Crippen LogP contribution in [0, 0.1) is 0 Å². The van der Waals surface area contributed by atoms with E-state index in [1.54, 1.807) is 49.5 Å². The predicted molar refractivity (Wildman–Crippen MR) is 86.4 cm³/mol. The normalized spacial score (nSPS) is 18.3. The third-order valence-electron chi connectivity index (χ3n) is 4.15. The first-order valence-electron chi connectivity index (χ1n) is 7.39. The highest BCUT2D eigenvalue weighted by atomic mass is 16.3. The van der Waals surface area contributed by atoms with Crippen LogP contribution in [-0.4, -0.2) is 46.7 Å². The van der Waals surface area contributed by atoms with Crippen LogP contribution in [-0.2, 0) is 0 Å². The second-order valence-electron chi connectivity index (χ2n) is 5.59. The number of rotatable bonds is 0. The van der Waals surface area contributed by atoms with E-state index in [0.717, 1.165) is 4.90 Å². The molecule has 1 N–H and O–H groups in total. The number of imide groups is 1. The summed E-state index contributed by atoms with van der Waals surface area (Å²) in [5, 5.41) is 9.53. The first-order valence-corrected chi connectivity index (χ1v) is 7.39. The Hall–Kier alpha value is -2.99. The van der Waals surface area contributed by atoms with Crippen molar-refractivity contribution in [3.8, 4) is 0 Å². The van der Waals surface area contributed by atoms with Gasteiger partial charge in [0, 0.05) is 25.2 Å². The molecule has 2 aromatic rings. The summed E-state index contributed by atoms with van der Waals surface area (Å²) in [6, 6.07) is 13.9. The second-order valence-corrected chi connectivity index (χ2v) is 5.59. The van der Waals surface area contributed by atoms with Crippen LogP contribution in [0.1, 0.15) is 42.9 Å². The van der Waals surface area contributed by atoms with E-state index in [-0.39, 0.29) is 17.7 Å². The fourth-order valence-electron chi connectivity index (χ4n) is 2.74. The maximum atomic E-state index is 11.4. The van der Waals surface area contributed by atoms with Crippen molar-refractivity contribution in [3.63, 3.8) is 0 Å². The SMILES string of the molecule is CN1C(=O)c2ccccc2C1=O.CN1C(=O)c2ccccc2C1O. The lowest BCUT2D eigenvalue weighted by atomic mass is 10.1. The number of nitrogens with zero attached hydrogens (tertiary/aromatic N) is 2. The van der Waals surface area contributed by atoms with Crippen molar-refractivity contribution >= 4 is 17.7 Å². The third-order valence-corrected chi connectivity index (χ3v) is 4.15. The summed E-state index contributed by atoms with van der Waals surface area (Å²) in [5.41, 5.74) is 2.31. The molecule has 2 aliphatic heterocycles. The Kier molecular flexibility index (Phi) is 3.91. The van der Waals surface area contributed by atoms with Gasteiger partial charge in [0.1, 0.15) is 0 Å². The molecule has 6 heteroatoms. The molecule has 0 radical (unpaired) electrons. The maximum absolute atomic E-state index is 11.4. The van der Waals surface area contributed by atoms with Gasteiger partial charge < -0.3 is 10.0 Å². The van der Waals surface area contributed by atoms with Gasteiger partial charge >= 0.3 is 0 Å². The van der Waals surface area contributed by atoms with Crippen molar-refractivity contribution in [2.24, 2.45) is 0 Å². The molecule has 1 unspecified atom stereocenters. The zero-order valence-electron chi connectivity index (χ0n) is 13.3. The molecule has 0 spiro atoms. The number of carbonyl (C=O) groups is 3. The van der Waals surface area contributed by atoms with Gasteiger partial charge in [0.15, 0.2) is 6.23 Å². The molecule has 0 saturated heterocycles. The molecule has 0 aromatic heterocycles. The summed E-state index contributed by atoms with van der Waals surface area (Å²) in [7, 11) is 3.08. The molecule has 0 saturated carbocycles. The van der Waals surface area contributed by atoms with Crippen LogP contribution >= 0.6 is 0 Å². The summed E-state index contributed by atoms with van der Waals surface area (Å²) in [5.74, 6) is -0.538. The number of hydrogen-bond donors (Lipinski definition) is 1. The first kappa shape index (κ1) is 15.9. The van der Waals surface area contributed by atoms with Gasteiger partial charge in [0.05, 0.1) is 11.1 Å². The molecule has 24 heavy (non-hydrogen) atoms. The Labute approximate surface area is 138 Å². The quantitative estimate of drug-likeness (QED) is 0.748. The Morgan fingerprint density at radius 1 is 0.750 bits per heavy atom.